The minimum atomic E-state index is -0.0533. The predicted molar refractivity (Wildman–Crippen MR) is 128 cm³/mol. The molecule has 0 aliphatic carbocycles. The second-order valence-electron chi connectivity index (χ2n) is 7.78. The number of aromatic nitrogens is 2. The van der Waals surface area contributed by atoms with Crippen molar-refractivity contribution in [3.63, 3.8) is 0 Å². The van der Waals surface area contributed by atoms with Crippen LogP contribution in [-0.4, -0.2) is 34.9 Å². The number of ether oxygens (including phenoxy) is 1. The van der Waals surface area contributed by atoms with E-state index in [9.17, 15) is 4.79 Å². The Balaban J connectivity index is 0.00000171. The molecule has 2 aromatic heterocycles. The number of carbonyl (C=O) groups excluding carboxylic acids is 1. The van der Waals surface area contributed by atoms with Crippen LogP contribution in [0, 0.1) is 12.8 Å². The summed E-state index contributed by atoms with van der Waals surface area (Å²) in [5.74, 6) is 1.28. The molecular formula is C23H30Cl2N4O2. The highest BCUT2D eigenvalue weighted by Crippen LogP contribution is 2.17. The van der Waals surface area contributed by atoms with E-state index in [1.54, 1.807) is 6.07 Å². The molecular weight excluding hydrogens is 435 g/mol. The smallest absolute Gasteiger partial charge is 0.251 e. The molecule has 1 amide bonds. The molecule has 1 fully saturated rings. The van der Waals surface area contributed by atoms with Gasteiger partial charge in [-0.1, -0.05) is 12.1 Å². The lowest BCUT2D eigenvalue weighted by molar-refractivity contribution is 0.0950. The van der Waals surface area contributed by atoms with Crippen LogP contribution in [0.2, 0.25) is 0 Å². The van der Waals surface area contributed by atoms with Crippen molar-refractivity contribution in [2.24, 2.45) is 5.92 Å². The van der Waals surface area contributed by atoms with E-state index in [4.69, 9.17) is 4.74 Å². The maximum atomic E-state index is 12.5. The second-order valence-corrected chi connectivity index (χ2v) is 7.78. The van der Waals surface area contributed by atoms with Gasteiger partial charge in [0.05, 0.1) is 5.69 Å². The van der Waals surface area contributed by atoms with Gasteiger partial charge in [0.15, 0.2) is 0 Å². The Morgan fingerprint density at radius 1 is 1.26 bits per heavy atom. The van der Waals surface area contributed by atoms with E-state index in [1.165, 1.54) is 18.4 Å². The minimum absolute atomic E-state index is 0. The summed E-state index contributed by atoms with van der Waals surface area (Å²) in [5, 5.41) is 6.45. The van der Waals surface area contributed by atoms with Crippen molar-refractivity contribution in [3.05, 3.63) is 65.6 Å². The van der Waals surface area contributed by atoms with E-state index >= 15 is 0 Å². The summed E-state index contributed by atoms with van der Waals surface area (Å²) in [6.45, 7) is 5.29. The molecule has 2 N–H and O–H groups in total. The van der Waals surface area contributed by atoms with Crippen molar-refractivity contribution in [1.82, 2.24) is 20.0 Å². The van der Waals surface area contributed by atoms with Gasteiger partial charge in [-0.2, -0.15) is 0 Å². The average Bonchev–Trinajstić information content (AvgIpc) is 3.15. The summed E-state index contributed by atoms with van der Waals surface area (Å²) in [6.07, 6.45) is 7.50. The number of nitrogens with one attached hydrogen (secondary N) is 2. The van der Waals surface area contributed by atoms with Crippen LogP contribution in [0.25, 0.3) is 5.65 Å². The van der Waals surface area contributed by atoms with Gasteiger partial charge in [-0.3, -0.25) is 4.79 Å². The predicted octanol–water partition coefficient (Wildman–Crippen LogP) is 4.18. The van der Waals surface area contributed by atoms with Gasteiger partial charge < -0.3 is 19.8 Å². The molecule has 168 valence electrons. The lowest BCUT2D eigenvalue weighted by atomic mass is 9.96. The Kier molecular flexibility index (Phi) is 9.62. The number of piperidine rings is 1. The summed E-state index contributed by atoms with van der Waals surface area (Å²) in [6, 6.07) is 11.4. The first-order valence-corrected chi connectivity index (χ1v) is 10.3. The fourth-order valence-electron chi connectivity index (χ4n) is 3.77. The second kappa shape index (κ2) is 11.9. The minimum Gasteiger partial charge on any atom is -0.487 e. The monoisotopic (exact) mass is 464 g/mol. The number of amides is 1. The zero-order chi connectivity index (χ0) is 20.1. The Morgan fingerprint density at radius 3 is 2.94 bits per heavy atom. The molecule has 1 aliphatic rings. The van der Waals surface area contributed by atoms with Crippen LogP contribution in [0.1, 0.15) is 40.9 Å². The maximum Gasteiger partial charge on any atom is 0.251 e. The Bertz CT molecular complexity index is 987. The first-order valence-electron chi connectivity index (χ1n) is 10.3. The fourth-order valence-corrected chi connectivity index (χ4v) is 3.77. The van der Waals surface area contributed by atoms with Gasteiger partial charge in [-0.25, -0.2) is 4.98 Å². The van der Waals surface area contributed by atoms with Gasteiger partial charge in [0.1, 0.15) is 18.0 Å². The molecule has 1 atom stereocenters. The van der Waals surface area contributed by atoms with Crippen molar-refractivity contribution in [2.45, 2.75) is 32.8 Å². The highest BCUT2D eigenvalue weighted by atomic mass is 35.5. The third-order valence-corrected chi connectivity index (χ3v) is 5.37. The third kappa shape index (κ3) is 6.86. The van der Waals surface area contributed by atoms with Crippen LogP contribution in [0.3, 0.4) is 0 Å². The number of pyridine rings is 1. The van der Waals surface area contributed by atoms with Crippen LogP contribution in [0.15, 0.2) is 48.8 Å². The van der Waals surface area contributed by atoms with Crippen LogP contribution >= 0.6 is 24.8 Å². The Hall–Kier alpha value is -2.28. The number of fused-ring (bicyclic) bond motifs is 1. The van der Waals surface area contributed by atoms with Crippen LogP contribution in [0.4, 0.5) is 0 Å². The van der Waals surface area contributed by atoms with Gasteiger partial charge >= 0.3 is 0 Å². The normalized spacial score (nSPS) is 15.6. The number of imidazole rings is 1. The number of hydrogen-bond acceptors (Lipinski definition) is 4. The summed E-state index contributed by atoms with van der Waals surface area (Å²) in [5.41, 5.74) is 3.55. The lowest BCUT2D eigenvalue weighted by Gasteiger charge is -2.22. The van der Waals surface area contributed by atoms with Gasteiger partial charge in [0, 0.05) is 24.5 Å². The van der Waals surface area contributed by atoms with E-state index in [1.807, 2.05) is 47.1 Å². The molecule has 0 radical (unpaired) electrons. The summed E-state index contributed by atoms with van der Waals surface area (Å²) in [7, 11) is 0. The quantitative estimate of drug-likeness (QED) is 0.549. The van der Waals surface area contributed by atoms with E-state index in [-0.39, 0.29) is 30.7 Å². The molecule has 1 aliphatic heterocycles. The highest BCUT2D eigenvalue weighted by molar-refractivity contribution is 5.94. The number of aryl methyl sites for hydroxylation is 1. The number of halogens is 2. The molecule has 3 aromatic rings. The topological polar surface area (TPSA) is 67.7 Å². The zero-order valence-electron chi connectivity index (χ0n) is 17.7. The van der Waals surface area contributed by atoms with Crippen LogP contribution < -0.4 is 15.4 Å². The van der Waals surface area contributed by atoms with Gasteiger partial charge in [-0.05, 0) is 75.0 Å². The molecule has 0 spiro atoms. The molecule has 1 aromatic carbocycles. The summed E-state index contributed by atoms with van der Waals surface area (Å²) in [4.78, 5) is 17.0. The number of rotatable bonds is 7. The molecule has 0 saturated carbocycles. The number of hydrogen-bond donors (Lipinski definition) is 2. The van der Waals surface area contributed by atoms with Crippen LogP contribution in [0.5, 0.6) is 5.75 Å². The van der Waals surface area contributed by atoms with Crippen molar-refractivity contribution < 1.29 is 9.53 Å². The van der Waals surface area contributed by atoms with Crippen molar-refractivity contribution in [2.75, 3.05) is 19.6 Å². The molecule has 8 heteroatoms. The largest absolute Gasteiger partial charge is 0.487 e. The van der Waals surface area contributed by atoms with Crippen molar-refractivity contribution >= 4 is 36.4 Å². The number of benzene rings is 1. The first-order chi connectivity index (χ1) is 14.2. The zero-order valence-corrected chi connectivity index (χ0v) is 19.3. The van der Waals surface area contributed by atoms with Gasteiger partial charge in [0.2, 0.25) is 0 Å². The molecule has 3 heterocycles. The average molecular weight is 465 g/mol. The fraction of sp³-hybridized carbons (Fsp3) is 0.391. The molecule has 1 saturated heterocycles. The summed E-state index contributed by atoms with van der Waals surface area (Å²) < 4.78 is 7.88. The standard InChI is InChI=1S/C23H28N4O2.2ClH/c1-17-7-8-22-26-20(15-27(22)14-17)16-29-21-6-2-5-19(12-21)23(28)25-11-9-18-4-3-10-24-13-18;;/h2,5-8,12,14-15,18,24H,3-4,9-11,13,16H2,1H3,(H,25,28);2*1H. The molecule has 0 bridgehead atoms. The maximum absolute atomic E-state index is 12.5. The molecule has 31 heavy (non-hydrogen) atoms. The van der Waals surface area contributed by atoms with Crippen molar-refractivity contribution in [3.8, 4) is 5.75 Å². The number of carbonyl (C=O) groups is 1. The lowest BCUT2D eigenvalue weighted by Crippen LogP contribution is -2.33. The van der Waals surface area contributed by atoms with Gasteiger partial charge in [0.25, 0.3) is 5.91 Å². The van der Waals surface area contributed by atoms with Gasteiger partial charge in [-0.15, -0.1) is 24.8 Å². The van der Waals surface area contributed by atoms with E-state index in [0.717, 1.165) is 30.9 Å². The first kappa shape index (κ1) is 25.0. The Labute approximate surface area is 195 Å². The van der Waals surface area contributed by atoms with E-state index in [0.29, 0.717) is 30.4 Å². The SMILES string of the molecule is Cc1ccc2nc(COc3cccc(C(=O)NCCC4CCCNC4)c3)cn2c1.Cl.Cl. The molecule has 6 nitrogen and oxygen atoms in total. The third-order valence-electron chi connectivity index (χ3n) is 5.37. The molecule has 4 rings (SSSR count). The number of nitrogens with zero attached hydrogens (tertiary/aromatic N) is 2. The Morgan fingerprint density at radius 2 is 2.13 bits per heavy atom. The van der Waals surface area contributed by atoms with Crippen LogP contribution in [-0.2, 0) is 6.61 Å². The van der Waals surface area contributed by atoms with E-state index < -0.39 is 0 Å². The summed E-state index contributed by atoms with van der Waals surface area (Å²) >= 11 is 0. The highest BCUT2D eigenvalue weighted by Gasteiger charge is 2.13. The van der Waals surface area contributed by atoms with Crippen molar-refractivity contribution in [1.29, 1.82) is 0 Å². The van der Waals surface area contributed by atoms with E-state index in [2.05, 4.69) is 22.5 Å². The molecule has 1 unspecified atom stereocenters.